The van der Waals surface area contributed by atoms with Crippen LogP contribution in [-0.4, -0.2) is 23.2 Å². The molecule has 0 bridgehead atoms. The molecule has 1 heterocycles. The quantitative estimate of drug-likeness (QED) is 0.504. The normalized spacial score (nSPS) is 16.8. The lowest BCUT2D eigenvalue weighted by Gasteiger charge is -2.22. The van der Waals surface area contributed by atoms with Crippen molar-refractivity contribution >= 4 is 23.7 Å². The van der Waals surface area contributed by atoms with Gasteiger partial charge in [0.1, 0.15) is 0 Å². The minimum absolute atomic E-state index is 0.155. The average molecular weight is 323 g/mol. The van der Waals surface area contributed by atoms with Gasteiger partial charge in [-0.2, -0.15) is 4.73 Å². The van der Waals surface area contributed by atoms with Crippen molar-refractivity contribution in [3.8, 4) is 0 Å². The molecule has 1 atom stereocenters. The van der Waals surface area contributed by atoms with Crippen LogP contribution in [0.4, 0.5) is 4.79 Å². The molecule has 0 radical (unpaired) electrons. The summed E-state index contributed by atoms with van der Waals surface area (Å²) in [6.45, 7) is 1.67. The van der Waals surface area contributed by atoms with Crippen LogP contribution in [-0.2, 0) is 4.79 Å². The minimum Gasteiger partial charge on any atom is -0.618 e. The lowest BCUT2D eigenvalue weighted by Crippen LogP contribution is -2.47. The number of carbonyl (C=O) groups is 2. The molecule has 2 N–H and O–H groups in total. The largest absolute Gasteiger partial charge is 0.618 e. The Morgan fingerprint density at radius 3 is 2.73 bits per heavy atom. The van der Waals surface area contributed by atoms with Gasteiger partial charge >= 0.3 is 6.03 Å². The van der Waals surface area contributed by atoms with Crippen LogP contribution in [0.5, 0.6) is 0 Å². The van der Waals surface area contributed by atoms with E-state index in [-0.39, 0.29) is 6.04 Å². The number of hydrogen-bond acceptors (Lipinski definition) is 4. The predicted octanol–water partition coefficient (Wildman–Crippen LogP) is 1.96. The Morgan fingerprint density at radius 2 is 2.05 bits per heavy atom. The number of nitrogens with one attached hydrogen (secondary N) is 2. The molecule has 22 heavy (non-hydrogen) atoms. The zero-order valence-corrected chi connectivity index (χ0v) is 13.4. The fraction of sp³-hybridized carbons (Fsp3) is 0.533. The van der Waals surface area contributed by atoms with E-state index in [4.69, 9.17) is 0 Å². The van der Waals surface area contributed by atoms with Gasteiger partial charge in [0.25, 0.3) is 5.03 Å². The van der Waals surface area contributed by atoms with E-state index in [1.54, 1.807) is 25.1 Å². The lowest BCUT2D eigenvalue weighted by molar-refractivity contribution is -0.645. The fourth-order valence-corrected chi connectivity index (χ4v) is 3.27. The molecule has 0 aliphatic heterocycles. The third kappa shape index (κ3) is 4.91. The second kappa shape index (κ2) is 8.03. The number of pyridine rings is 1. The van der Waals surface area contributed by atoms with Crippen molar-refractivity contribution < 1.29 is 14.3 Å². The second-order valence-corrected chi connectivity index (χ2v) is 6.78. The van der Waals surface area contributed by atoms with E-state index in [9.17, 15) is 14.8 Å². The topological polar surface area (TPSA) is 85.1 Å². The summed E-state index contributed by atoms with van der Waals surface area (Å²) in [7, 11) is 0. The first-order chi connectivity index (χ1) is 10.6. The van der Waals surface area contributed by atoms with Crippen molar-refractivity contribution in [3.05, 3.63) is 29.6 Å². The number of aromatic nitrogens is 1. The molecule has 1 aliphatic carbocycles. The number of imide groups is 1. The van der Waals surface area contributed by atoms with Crippen molar-refractivity contribution in [3.63, 3.8) is 0 Å². The maximum atomic E-state index is 12.0. The van der Waals surface area contributed by atoms with Crippen LogP contribution in [0.25, 0.3) is 0 Å². The Hall–Kier alpha value is -1.76. The van der Waals surface area contributed by atoms with Crippen molar-refractivity contribution in [1.29, 1.82) is 0 Å². The first-order valence-electron chi connectivity index (χ1n) is 7.52. The summed E-state index contributed by atoms with van der Waals surface area (Å²) in [5.41, 5.74) is 0. The Bertz CT molecular complexity index is 533. The van der Waals surface area contributed by atoms with Gasteiger partial charge in [0.15, 0.2) is 6.20 Å². The highest BCUT2D eigenvalue weighted by molar-refractivity contribution is 8.00. The summed E-state index contributed by atoms with van der Waals surface area (Å²) in [5, 5.41) is 16.6. The number of carbonyl (C=O) groups excluding carboxylic acids is 2. The van der Waals surface area contributed by atoms with Crippen molar-refractivity contribution in [2.24, 2.45) is 0 Å². The maximum Gasteiger partial charge on any atom is 0.321 e. The van der Waals surface area contributed by atoms with Gasteiger partial charge in [0, 0.05) is 18.2 Å². The summed E-state index contributed by atoms with van der Waals surface area (Å²) < 4.78 is 0.705. The predicted molar refractivity (Wildman–Crippen MR) is 84.3 cm³/mol. The Kier molecular flexibility index (Phi) is 6.06. The fourth-order valence-electron chi connectivity index (χ4n) is 2.42. The molecule has 0 aromatic carbocycles. The number of amides is 3. The van der Waals surface area contributed by atoms with Crippen LogP contribution in [0.15, 0.2) is 29.4 Å². The van der Waals surface area contributed by atoms with Gasteiger partial charge in [-0.1, -0.05) is 19.3 Å². The summed E-state index contributed by atoms with van der Waals surface area (Å²) in [6, 6.07) is 4.70. The Labute approximate surface area is 134 Å². The lowest BCUT2D eigenvalue weighted by atomic mass is 9.96. The third-order valence-corrected chi connectivity index (χ3v) is 4.76. The van der Waals surface area contributed by atoms with E-state index in [0.717, 1.165) is 37.4 Å². The molecule has 1 fully saturated rings. The molecule has 6 nitrogen and oxygen atoms in total. The van der Waals surface area contributed by atoms with E-state index in [1.165, 1.54) is 12.6 Å². The minimum atomic E-state index is -0.528. The molecular weight excluding hydrogens is 302 g/mol. The standard InChI is InChI=1S/C15H21N3O3S/c1-11(22-13-9-5-6-10-18(13)21)14(19)17-15(20)16-12-7-3-2-4-8-12/h5-6,9-12H,2-4,7-8H2,1H3,(H2,16,17,19,20)/t11-/m1/s1. The van der Waals surface area contributed by atoms with Crippen LogP contribution >= 0.6 is 11.8 Å². The van der Waals surface area contributed by atoms with E-state index in [2.05, 4.69) is 10.6 Å². The van der Waals surface area contributed by atoms with Crippen LogP contribution in [0, 0.1) is 5.21 Å². The Morgan fingerprint density at radius 1 is 1.32 bits per heavy atom. The van der Waals surface area contributed by atoms with Gasteiger partial charge < -0.3 is 10.5 Å². The molecule has 1 aromatic heterocycles. The molecule has 2 rings (SSSR count). The summed E-state index contributed by atoms with van der Waals surface area (Å²) >= 11 is 1.12. The highest BCUT2D eigenvalue weighted by Crippen LogP contribution is 2.19. The number of urea groups is 1. The van der Waals surface area contributed by atoms with Gasteiger partial charge in [-0.3, -0.25) is 10.1 Å². The monoisotopic (exact) mass is 323 g/mol. The summed E-state index contributed by atoms with van der Waals surface area (Å²) in [4.78, 5) is 23.8. The van der Waals surface area contributed by atoms with Crippen molar-refractivity contribution in [2.75, 3.05) is 0 Å². The van der Waals surface area contributed by atoms with Crippen LogP contribution in [0.1, 0.15) is 39.0 Å². The number of hydrogen-bond donors (Lipinski definition) is 2. The molecule has 1 saturated carbocycles. The third-order valence-electron chi connectivity index (χ3n) is 3.63. The average Bonchev–Trinajstić information content (AvgIpc) is 2.50. The molecule has 120 valence electrons. The van der Waals surface area contributed by atoms with E-state index in [0.29, 0.717) is 9.76 Å². The van der Waals surface area contributed by atoms with Crippen molar-refractivity contribution in [1.82, 2.24) is 10.6 Å². The van der Waals surface area contributed by atoms with E-state index in [1.807, 2.05) is 0 Å². The van der Waals surface area contributed by atoms with Crippen LogP contribution in [0.2, 0.25) is 0 Å². The summed E-state index contributed by atoms with van der Waals surface area (Å²) in [6.07, 6.45) is 6.74. The molecule has 7 heteroatoms. The van der Waals surface area contributed by atoms with Gasteiger partial charge in [0.05, 0.1) is 5.25 Å². The SMILES string of the molecule is C[C@@H](Sc1cccc[n+]1[O-])C(=O)NC(=O)NC1CCCCC1. The molecule has 1 aliphatic rings. The zero-order chi connectivity index (χ0) is 15.9. The van der Waals surface area contributed by atoms with Gasteiger partial charge in [-0.15, -0.1) is 0 Å². The number of thioether (sulfide) groups is 1. The summed E-state index contributed by atoms with van der Waals surface area (Å²) in [5.74, 6) is -0.401. The first-order valence-corrected chi connectivity index (χ1v) is 8.40. The van der Waals surface area contributed by atoms with Crippen LogP contribution < -0.4 is 15.4 Å². The molecule has 1 aromatic rings. The number of nitrogens with zero attached hydrogens (tertiary/aromatic N) is 1. The van der Waals surface area contributed by atoms with Gasteiger partial charge in [-0.05, 0) is 37.6 Å². The molecule has 0 saturated heterocycles. The van der Waals surface area contributed by atoms with E-state index >= 15 is 0 Å². The highest BCUT2D eigenvalue weighted by atomic mass is 32.2. The molecule has 3 amide bonds. The van der Waals surface area contributed by atoms with Crippen molar-refractivity contribution in [2.45, 2.75) is 55.3 Å². The van der Waals surface area contributed by atoms with Crippen LogP contribution in [0.3, 0.4) is 0 Å². The first kappa shape index (κ1) is 16.6. The molecular formula is C15H21N3O3S. The van der Waals surface area contributed by atoms with Gasteiger partial charge in [-0.25, -0.2) is 4.79 Å². The smallest absolute Gasteiger partial charge is 0.321 e. The highest BCUT2D eigenvalue weighted by Gasteiger charge is 2.22. The molecule has 0 spiro atoms. The zero-order valence-electron chi connectivity index (χ0n) is 12.6. The van der Waals surface area contributed by atoms with Gasteiger partial charge in [0.2, 0.25) is 5.91 Å². The van der Waals surface area contributed by atoms with E-state index < -0.39 is 17.2 Å². The maximum absolute atomic E-state index is 12.0. The number of rotatable bonds is 4. The second-order valence-electron chi connectivity index (χ2n) is 5.42. The Balaban J connectivity index is 1.80. The molecule has 0 unspecified atom stereocenters.